The molecular formula is C51H32N2OS. The van der Waals surface area contributed by atoms with Gasteiger partial charge in [-0.15, -0.1) is 11.3 Å². The summed E-state index contributed by atoms with van der Waals surface area (Å²) < 4.78 is 8.84. The van der Waals surface area contributed by atoms with Crippen LogP contribution in [0.15, 0.2) is 199 Å². The van der Waals surface area contributed by atoms with Gasteiger partial charge in [-0.25, -0.2) is 4.98 Å². The molecule has 0 N–H and O–H groups in total. The molecule has 55 heavy (non-hydrogen) atoms. The molecule has 0 saturated heterocycles. The first-order valence-corrected chi connectivity index (χ1v) is 19.3. The van der Waals surface area contributed by atoms with Crippen molar-refractivity contribution in [3.8, 4) is 33.4 Å². The summed E-state index contributed by atoms with van der Waals surface area (Å²) in [6, 6.07) is 67.2. The maximum atomic E-state index is 6.26. The highest BCUT2D eigenvalue weighted by Crippen LogP contribution is 2.42. The smallest absolute Gasteiger partial charge is 0.137 e. The number of hydrogen-bond donors (Lipinski definition) is 0. The van der Waals surface area contributed by atoms with Crippen LogP contribution < -0.4 is 4.90 Å². The predicted molar refractivity (Wildman–Crippen MR) is 233 cm³/mol. The standard InChI is InChI=1S/C51H32N2OS/c1-2-10-37(11-3-1)53(51-16-8-9-29-52-51)38-22-17-33(18-23-38)34-21-28-49-46(30-34)45-25-20-36(32-50(45)55-49)40-27-26-39(41-12-4-5-13-42(40)41)35-19-24-44-43-14-6-7-15-47(43)54-48(44)31-35/h1-32H. The van der Waals surface area contributed by atoms with Crippen LogP contribution in [-0.2, 0) is 0 Å². The Bertz CT molecular complexity index is 3160. The molecule has 3 heterocycles. The van der Waals surface area contributed by atoms with Gasteiger partial charge in [0.2, 0.25) is 0 Å². The van der Waals surface area contributed by atoms with Crippen LogP contribution in [0, 0.1) is 0 Å². The zero-order valence-electron chi connectivity index (χ0n) is 29.7. The zero-order valence-corrected chi connectivity index (χ0v) is 30.5. The lowest BCUT2D eigenvalue weighted by Gasteiger charge is -2.24. The minimum absolute atomic E-state index is 0.886. The second kappa shape index (κ2) is 12.8. The zero-order chi connectivity index (χ0) is 36.3. The van der Waals surface area contributed by atoms with E-state index in [0.717, 1.165) is 44.7 Å². The molecule has 3 aromatic heterocycles. The highest BCUT2D eigenvalue weighted by atomic mass is 32.1. The van der Waals surface area contributed by atoms with Crippen molar-refractivity contribution in [2.24, 2.45) is 0 Å². The van der Waals surface area contributed by atoms with E-state index in [-0.39, 0.29) is 0 Å². The summed E-state index contributed by atoms with van der Waals surface area (Å²) in [5.41, 5.74) is 11.2. The average Bonchev–Trinajstić information content (AvgIpc) is 3.81. The number of anilines is 3. The molecular weight excluding hydrogens is 689 g/mol. The third-order valence-corrected chi connectivity index (χ3v) is 11.9. The average molecular weight is 721 g/mol. The van der Waals surface area contributed by atoms with Gasteiger partial charge in [-0.2, -0.15) is 0 Å². The molecule has 11 rings (SSSR count). The Kier molecular flexibility index (Phi) is 7.35. The SMILES string of the molecule is c1ccc(N(c2ccc(-c3ccc4sc5cc(-c6ccc(-c7ccc8c(c7)oc7ccccc78)c7ccccc67)ccc5c4c3)cc2)c2ccccn2)cc1. The third-order valence-electron chi connectivity index (χ3n) is 10.7. The molecule has 0 atom stereocenters. The highest BCUT2D eigenvalue weighted by Gasteiger charge is 2.16. The second-order valence-electron chi connectivity index (χ2n) is 13.9. The van der Waals surface area contributed by atoms with E-state index in [1.54, 1.807) is 0 Å². The number of hydrogen-bond acceptors (Lipinski definition) is 4. The molecule has 0 spiro atoms. The molecule has 258 valence electrons. The molecule has 0 aliphatic rings. The lowest BCUT2D eigenvalue weighted by molar-refractivity contribution is 0.669. The van der Waals surface area contributed by atoms with Gasteiger partial charge >= 0.3 is 0 Å². The van der Waals surface area contributed by atoms with Gasteiger partial charge in [-0.05, 0) is 117 Å². The van der Waals surface area contributed by atoms with E-state index < -0.39 is 0 Å². The molecule has 4 heteroatoms. The molecule has 8 aromatic carbocycles. The van der Waals surface area contributed by atoms with Crippen molar-refractivity contribution in [1.82, 2.24) is 4.98 Å². The fourth-order valence-corrected chi connectivity index (χ4v) is 9.23. The van der Waals surface area contributed by atoms with Crippen LogP contribution in [0.5, 0.6) is 0 Å². The van der Waals surface area contributed by atoms with Crippen molar-refractivity contribution in [2.75, 3.05) is 4.90 Å². The molecule has 0 aliphatic carbocycles. The van der Waals surface area contributed by atoms with Crippen LogP contribution >= 0.6 is 11.3 Å². The Morgan fingerprint density at radius 1 is 0.382 bits per heavy atom. The van der Waals surface area contributed by atoms with Crippen molar-refractivity contribution in [1.29, 1.82) is 0 Å². The number of furan rings is 1. The fraction of sp³-hybridized carbons (Fsp3) is 0. The maximum Gasteiger partial charge on any atom is 0.137 e. The molecule has 0 bridgehead atoms. The van der Waals surface area contributed by atoms with Gasteiger partial charge in [0, 0.05) is 48.5 Å². The van der Waals surface area contributed by atoms with Crippen molar-refractivity contribution < 1.29 is 4.42 Å². The predicted octanol–water partition coefficient (Wildman–Crippen LogP) is 15.0. The van der Waals surface area contributed by atoms with Gasteiger partial charge in [-0.1, -0.05) is 115 Å². The number of fused-ring (bicyclic) bond motifs is 7. The summed E-state index contributed by atoms with van der Waals surface area (Å²) in [6.45, 7) is 0. The van der Waals surface area contributed by atoms with Crippen molar-refractivity contribution >= 4 is 81.4 Å². The Balaban J connectivity index is 0.939. The molecule has 0 amide bonds. The Labute approximate surface area is 322 Å². The van der Waals surface area contributed by atoms with Crippen LogP contribution in [-0.4, -0.2) is 4.98 Å². The van der Waals surface area contributed by atoms with Crippen LogP contribution in [0.3, 0.4) is 0 Å². The number of rotatable bonds is 6. The van der Waals surface area contributed by atoms with Gasteiger partial charge in [0.25, 0.3) is 0 Å². The lowest BCUT2D eigenvalue weighted by atomic mass is 9.91. The fourth-order valence-electron chi connectivity index (χ4n) is 8.10. The molecule has 0 saturated carbocycles. The van der Waals surface area contributed by atoms with Crippen LogP contribution in [0.1, 0.15) is 0 Å². The number of benzene rings is 8. The van der Waals surface area contributed by atoms with Gasteiger partial charge in [0.05, 0.1) is 0 Å². The van der Waals surface area contributed by atoms with Crippen LogP contribution in [0.2, 0.25) is 0 Å². The van der Waals surface area contributed by atoms with E-state index in [0.29, 0.717) is 0 Å². The summed E-state index contributed by atoms with van der Waals surface area (Å²) in [6.07, 6.45) is 1.84. The quantitative estimate of drug-likeness (QED) is 0.171. The summed E-state index contributed by atoms with van der Waals surface area (Å²) in [4.78, 5) is 6.85. The van der Waals surface area contributed by atoms with Gasteiger partial charge < -0.3 is 4.42 Å². The maximum absolute atomic E-state index is 6.26. The number of thiophene rings is 1. The molecule has 11 aromatic rings. The van der Waals surface area contributed by atoms with E-state index >= 15 is 0 Å². The van der Waals surface area contributed by atoms with Crippen LogP contribution in [0.4, 0.5) is 17.2 Å². The monoisotopic (exact) mass is 720 g/mol. The van der Waals surface area contributed by atoms with E-state index in [1.807, 2.05) is 53.9 Å². The van der Waals surface area contributed by atoms with Gasteiger partial charge in [0.1, 0.15) is 17.0 Å². The van der Waals surface area contributed by atoms with E-state index in [2.05, 4.69) is 162 Å². The topological polar surface area (TPSA) is 29.3 Å². The molecule has 0 unspecified atom stereocenters. The highest BCUT2D eigenvalue weighted by molar-refractivity contribution is 7.25. The Morgan fingerprint density at radius 3 is 1.76 bits per heavy atom. The molecule has 3 nitrogen and oxygen atoms in total. The normalized spacial score (nSPS) is 11.6. The van der Waals surface area contributed by atoms with E-state index in [1.165, 1.54) is 58.8 Å². The summed E-state index contributed by atoms with van der Waals surface area (Å²) >= 11 is 1.86. The van der Waals surface area contributed by atoms with Crippen molar-refractivity contribution in [3.63, 3.8) is 0 Å². The van der Waals surface area contributed by atoms with Gasteiger partial charge in [-0.3, -0.25) is 4.90 Å². The Morgan fingerprint density at radius 2 is 1.00 bits per heavy atom. The molecule has 0 radical (unpaired) electrons. The number of pyridine rings is 1. The van der Waals surface area contributed by atoms with E-state index in [4.69, 9.17) is 4.42 Å². The minimum Gasteiger partial charge on any atom is -0.456 e. The minimum atomic E-state index is 0.886. The number of nitrogens with zero attached hydrogens (tertiary/aromatic N) is 2. The summed E-state index contributed by atoms with van der Waals surface area (Å²) in [5.74, 6) is 0.886. The molecule has 0 fully saturated rings. The van der Waals surface area contributed by atoms with Crippen molar-refractivity contribution in [2.45, 2.75) is 0 Å². The lowest BCUT2D eigenvalue weighted by Crippen LogP contribution is -2.11. The van der Waals surface area contributed by atoms with Crippen LogP contribution in [0.25, 0.3) is 86.3 Å². The first-order chi connectivity index (χ1) is 27.2. The number of aromatic nitrogens is 1. The third kappa shape index (κ3) is 5.38. The first kappa shape index (κ1) is 31.5. The summed E-state index contributed by atoms with van der Waals surface area (Å²) in [7, 11) is 0. The largest absolute Gasteiger partial charge is 0.456 e. The van der Waals surface area contributed by atoms with Crippen molar-refractivity contribution in [3.05, 3.63) is 194 Å². The van der Waals surface area contributed by atoms with Gasteiger partial charge in [0.15, 0.2) is 0 Å². The second-order valence-corrected chi connectivity index (χ2v) is 15.0. The summed E-state index contributed by atoms with van der Waals surface area (Å²) in [5, 5.41) is 7.34. The Hall–Kier alpha value is -7.01. The number of para-hydroxylation sites is 2. The van der Waals surface area contributed by atoms with E-state index in [9.17, 15) is 0 Å². The first-order valence-electron chi connectivity index (χ1n) is 18.5. The molecule has 0 aliphatic heterocycles.